The van der Waals surface area contributed by atoms with Crippen LogP contribution in [0.5, 0.6) is 0 Å². The fraction of sp³-hybridized carbons (Fsp3) is 0.619. The molecule has 1 saturated carbocycles. The monoisotopic (exact) mass is 405 g/mol. The maximum absolute atomic E-state index is 12.7. The Balaban J connectivity index is 1.50. The van der Waals surface area contributed by atoms with E-state index in [9.17, 15) is 9.90 Å². The van der Waals surface area contributed by atoms with E-state index < -0.39 is 5.60 Å². The van der Waals surface area contributed by atoms with Crippen LogP contribution in [0.15, 0.2) is 18.2 Å². The summed E-state index contributed by atoms with van der Waals surface area (Å²) in [4.78, 5) is 12.7. The number of rotatable bonds is 6. The molecular weight excluding hydrogens is 378 g/mol. The second kappa shape index (κ2) is 8.39. The van der Waals surface area contributed by atoms with Crippen LogP contribution in [0.1, 0.15) is 51.4 Å². The van der Waals surface area contributed by atoms with Gasteiger partial charge in [0.15, 0.2) is 5.82 Å². The first kappa shape index (κ1) is 19.7. The van der Waals surface area contributed by atoms with Crippen LogP contribution in [0.25, 0.3) is 10.9 Å². The van der Waals surface area contributed by atoms with E-state index in [1.807, 2.05) is 22.9 Å². The molecule has 7 heteroatoms. The number of carbonyl (C=O) groups excluding carboxylic acids is 1. The zero-order chi connectivity index (χ0) is 19.6. The minimum atomic E-state index is -0.778. The Hall–Kier alpha value is -1.63. The Morgan fingerprint density at radius 1 is 1.29 bits per heavy atom. The van der Waals surface area contributed by atoms with Crippen molar-refractivity contribution in [2.24, 2.45) is 5.92 Å². The molecule has 2 aliphatic rings. The van der Waals surface area contributed by atoms with E-state index in [0.29, 0.717) is 49.4 Å². The molecule has 1 aromatic heterocycles. The molecule has 2 heterocycles. The molecule has 0 radical (unpaired) electrons. The number of hydrogen-bond donors (Lipinski definition) is 2. The smallest absolute Gasteiger partial charge is 0.225 e. The first-order chi connectivity index (χ1) is 13.5. The van der Waals surface area contributed by atoms with E-state index in [4.69, 9.17) is 16.3 Å². The summed E-state index contributed by atoms with van der Waals surface area (Å²) in [6.45, 7) is 1.26. The van der Waals surface area contributed by atoms with Crippen LogP contribution in [0.3, 0.4) is 0 Å². The molecule has 1 amide bonds. The van der Waals surface area contributed by atoms with Gasteiger partial charge in [0, 0.05) is 19.4 Å². The molecule has 1 aromatic carbocycles. The molecule has 2 aromatic rings. The molecular formula is C21H28ClN3O3. The summed E-state index contributed by atoms with van der Waals surface area (Å²) in [6, 6.07) is 5.63. The lowest BCUT2D eigenvalue weighted by Gasteiger charge is -2.36. The number of halogens is 1. The van der Waals surface area contributed by atoms with Crippen molar-refractivity contribution in [2.45, 2.75) is 63.5 Å². The minimum absolute atomic E-state index is 0.00407. The lowest BCUT2D eigenvalue weighted by Crippen LogP contribution is -2.50. The topological polar surface area (TPSA) is 76.4 Å². The van der Waals surface area contributed by atoms with Gasteiger partial charge in [-0.3, -0.25) is 9.48 Å². The summed E-state index contributed by atoms with van der Waals surface area (Å²) in [6.07, 6.45) is 8.33. The van der Waals surface area contributed by atoms with E-state index in [0.717, 1.165) is 23.7 Å². The van der Waals surface area contributed by atoms with Crippen LogP contribution >= 0.6 is 11.6 Å². The van der Waals surface area contributed by atoms with Gasteiger partial charge in [0.2, 0.25) is 5.91 Å². The third-order valence-electron chi connectivity index (χ3n) is 5.96. The number of hydrogen-bond acceptors (Lipinski definition) is 4. The standard InChI is InChI=1S/C21H28ClN3O3/c22-16-8-5-9-17-19(16)20(24-25(17)11-10-21(27)13-28-14-21)23-18(26)12-15-6-3-1-2-4-7-15/h5,8-9,15,27H,1-4,6-7,10-14H2,(H,23,24,26). The summed E-state index contributed by atoms with van der Waals surface area (Å²) in [5.41, 5.74) is 0.0841. The van der Waals surface area contributed by atoms with Crippen molar-refractivity contribution in [1.82, 2.24) is 9.78 Å². The van der Waals surface area contributed by atoms with Gasteiger partial charge in [0.05, 0.1) is 29.1 Å². The van der Waals surface area contributed by atoms with Gasteiger partial charge in [-0.25, -0.2) is 0 Å². The van der Waals surface area contributed by atoms with Crippen molar-refractivity contribution in [3.8, 4) is 0 Å². The largest absolute Gasteiger partial charge is 0.385 e. The molecule has 1 aliphatic heterocycles. The van der Waals surface area contributed by atoms with Crippen molar-refractivity contribution >= 4 is 34.2 Å². The lowest BCUT2D eigenvalue weighted by molar-refractivity contribution is -0.182. The SMILES string of the molecule is O=C(CC1CCCCCC1)Nc1nn(CCC2(O)COC2)c2cccc(Cl)c12. The lowest BCUT2D eigenvalue weighted by atomic mass is 9.96. The summed E-state index contributed by atoms with van der Waals surface area (Å²) in [5, 5.41) is 19.2. The number of nitrogens with one attached hydrogen (secondary N) is 1. The maximum atomic E-state index is 12.7. The van der Waals surface area contributed by atoms with Crippen LogP contribution < -0.4 is 5.32 Å². The predicted molar refractivity (Wildman–Crippen MR) is 110 cm³/mol. The average molecular weight is 406 g/mol. The summed E-state index contributed by atoms with van der Waals surface area (Å²) in [5.74, 6) is 0.972. The summed E-state index contributed by atoms with van der Waals surface area (Å²) >= 11 is 6.43. The number of nitrogens with zero attached hydrogens (tertiary/aromatic N) is 2. The summed E-state index contributed by atoms with van der Waals surface area (Å²) in [7, 11) is 0. The molecule has 6 nitrogen and oxygen atoms in total. The maximum Gasteiger partial charge on any atom is 0.225 e. The Morgan fingerprint density at radius 3 is 2.71 bits per heavy atom. The molecule has 1 saturated heterocycles. The Kier molecular flexibility index (Phi) is 5.90. The van der Waals surface area contributed by atoms with Crippen molar-refractivity contribution in [2.75, 3.05) is 18.5 Å². The van der Waals surface area contributed by atoms with Gasteiger partial charge in [-0.15, -0.1) is 0 Å². The molecule has 2 N–H and O–H groups in total. The van der Waals surface area contributed by atoms with Crippen LogP contribution in [0.2, 0.25) is 5.02 Å². The highest BCUT2D eigenvalue weighted by molar-refractivity contribution is 6.36. The minimum Gasteiger partial charge on any atom is -0.385 e. The number of amides is 1. The van der Waals surface area contributed by atoms with Crippen molar-refractivity contribution in [3.05, 3.63) is 23.2 Å². The van der Waals surface area contributed by atoms with Gasteiger partial charge in [-0.05, 0) is 30.9 Å². The number of benzene rings is 1. The molecule has 0 atom stereocenters. The van der Waals surface area contributed by atoms with E-state index >= 15 is 0 Å². The van der Waals surface area contributed by atoms with E-state index in [-0.39, 0.29) is 5.91 Å². The third-order valence-corrected chi connectivity index (χ3v) is 6.28. The number of fused-ring (bicyclic) bond motifs is 1. The molecule has 4 rings (SSSR count). The Bertz CT molecular complexity index is 839. The number of aryl methyl sites for hydroxylation is 1. The van der Waals surface area contributed by atoms with Gasteiger partial charge in [-0.1, -0.05) is 43.4 Å². The van der Waals surface area contributed by atoms with Crippen molar-refractivity contribution < 1.29 is 14.6 Å². The van der Waals surface area contributed by atoms with Crippen LogP contribution in [-0.2, 0) is 16.1 Å². The van der Waals surface area contributed by atoms with Gasteiger partial charge >= 0.3 is 0 Å². The van der Waals surface area contributed by atoms with Crippen LogP contribution in [0, 0.1) is 5.92 Å². The highest BCUT2D eigenvalue weighted by atomic mass is 35.5. The molecule has 0 unspecified atom stereocenters. The second-order valence-corrected chi connectivity index (χ2v) is 8.69. The fourth-order valence-electron chi connectivity index (χ4n) is 4.25. The van der Waals surface area contributed by atoms with Crippen LogP contribution in [0.4, 0.5) is 5.82 Å². The zero-order valence-corrected chi connectivity index (χ0v) is 16.9. The molecule has 0 spiro atoms. The number of carbonyl (C=O) groups is 1. The summed E-state index contributed by atoms with van der Waals surface area (Å²) < 4.78 is 6.93. The third kappa shape index (κ3) is 4.34. The number of ether oxygens (including phenoxy) is 1. The fourth-order valence-corrected chi connectivity index (χ4v) is 4.51. The average Bonchev–Trinajstić information content (AvgIpc) is 2.81. The van der Waals surface area contributed by atoms with E-state index in [1.165, 1.54) is 25.7 Å². The van der Waals surface area contributed by atoms with Crippen LogP contribution in [-0.4, -0.2) is 39.6 Å². The Morgan fingerprint density at radius 2 is 2.04 bits per heavy atom. The molecule has 152 valence electrons. The van der Waals surface area contributed by atoms with Gasteiger partial charge < -0.3 is 15.2 Å². The first-order valence-corrected chi connectivity index (χ1v) is 10.7. The molecule has 28 heavy (non-hydrogen) atoms. The zero-order valence-electron chi connectivity index (χ0n) is 16.1. The van der Waals surface area contributed by atoms with E-state index in [1.54, 1.807) is 0 Å². The van der Waals surface area contributed by atoms with Gasteiger partial charge in [0.1, 0.15) is 5.60 Å². The Labute approximate surface area is 170 Å². The molecule has 2 fully saturated rings. The van der Waals surface area contributed by atoms with Crippen molar-refractivity contribution in [1.29, 1.82) is 0 Å². The quantitative estimate of drug-likeness (QED) is 0.708. The molecule has 0 bridgehead atoms. The van der Waals surface area contributed by atoms with Gasteiger partial charge in [-0.2, -0.15) is 5.10 Å². The molecule has 1 aliphatic carbocycles. The second-order valence-electron chi connectivity index (χ2n) is 8.28. The number of aliphatic hydroxyl groups is 1. The highest BCUT2D eigenvalue weighted by Gasteiger charge is 2.35. The van der Waals surface area contributed by atoms with Crippen molar-refractivity contribution in [3.63, 3.8) is 0 Å². The first-order valence-electron chi connectivity index (χ1n) is 10.3. The highest BCUT2D eigenvalue weighted by Crippen LogP contribution is 2.32. The normalized spacial score (nSPS) is 19.9. The van der Waals surface area contributed by atoms with E-state index in [2.05, 4.69) is 10.4 Å². The number of anilines is 1. The van der Waals surface area contributed by atoms with Gasteiger partial charge in [0.25, 0.3) is 0 Å². The predicted octanol–water partition coefficient (Wildman–Crippen LogP) is 4.14. The number of aromatic nitrogens is 2.